The summed E-state index contributed by atoms with van der Waals surface area (Å²) in [4.78, 5) is 31.0. The molecule has 0 fully saturated rings. The Labute approximate surface area is 149 Å². The summed E-state index contributed by atoms with van der Waals surface area (Å²) in [7, 11) is 0. The summed E-state index contributed by atoms with van der Waals surface area (Å²) in [6.07, 6.45) is 0. The third kappa shape index (κ3) is 4.81. The number of aromatic amines is 1. The Hall–Kier alpha value is -2.86. The summed E-state index contributed by atoms with van der Waals surface area (Å²) in [5.41, 5.74) is 3.04. The average molecular weight is 351 g/mol. The van der Waals surface area contributed by atoms with Crippen molar-refractivity contribution in [2.75, 3.05) is 11.1 Å². The molecule has 1 amide bonds. The van der Waals surface area contributed by atoms with Crippen molar-refractivity contribution >= 4 is 23.4 Å². The Morgan fingerprint density at radius 2 is 1.92 bits per heavy atom. The first-order valence-electron chi connectivity index (χ1n) is 7.76. The summed E-state index contributed by atoms with van der Waals surface area (Å²) in [5.74, 6) is 0.0122. The van der Waals surface area contributed by atoms with E-state index in [4.69, 9.17) is 0 Å². The Bertz CT molecular complexity index is 939. The number of anilines is 1. The van der Waals surface area contributed by atoms with Crippen molar-refractivity contribution < 1.29 is 4.79 Å². The van der Waals surface area contributed by atoms with Crippen molar-refractivity contribution in [3.8, 4) is 11.3 Å². The van der Waals surface area contributed by atoms with Crippen molar-refractivity contribution in [1.82, 2.24) is 9.97 Å². The van der Waals surface area contributed by atoms with Crippen LogP contribution < -0.4 is 10.9 Å². The zero-order chi connectivity index (χ0) is 17.6. The lowest BCUT2D eigenvalue weighted by molar-refractivity contribution is -0.113. The number of aryl methyl sites for hydroxylation is 1. The predicted octanol–water partition coefficient (Wildman–Crippen LogP) is 3.48. The molecule has 0 saturated carbocycles. The number of hydrogen-bond acceptors (Lipinski definition) is 4. The Morgan fingerprint density at radius 3 is 2.68 bits per heavy atom. The normalized spacial score (nSPS) is 10.4. The van der Waals surface area contributed by atoms with Crippen LogP contribution in [0.3, 0.4) is 0 Å². The summed E-state index contributed by atoms with van der Waals surface area (Å²) >= 11 is 1.20. The van der Waals surface area contributed by atoms with Crippen molar-refractivity contribution in [2.45, 2.75) is 12.1 Å². The summed E-state index contributed by atoms with van der Waals surface area (Å²) in [6.45, 7) is 1.97. The molecule has 3 rings (SSSR count). The Morgan fingerprint density at radius 1 is 1.12 bits per heavy atom. The molecule has 0 atom stereocenters. The number of hydrogen-bond donors (Lipinski definition) is 2. The van der Waals surface area contributed by atoms with E-state index in [9.17, 15) is 9.59 Å². The topological polar surface area (TPSA) is 74.8 Å². The van der Waals surface area contributed by atoms with Gasteiger partial charge in [-0.1, -0.05) is 54.2 Å². The molecule has 0 radical (unpaired) electrons. The van der Waals surface area contributed by atoms with Crippen LogP contribution >= 0.6 is 11.8 Å². The minimum atomic E-state index is -0.240. The van der Waals surface area contributed by atoms with Crippen LogP contribution in [0.25, 0.3) is 11.3 Å². The van der Waals surface area contributed by atoms with Crippen LogP contribution in [0.2, 0.25) is 0 Å². The molecule has 25 heavy (non-hydrogen) atoms. The molecule has 0 aliphatic heterocycles. The van der Waals surface area contributed by atoms with Gasteiger partial charge in [0, 0.05) is 17.3 Å². The molecule has 1 aromatic heterocycles. The molecule has 1 heterocycles. The van der Waals surface area contributed by atoms with Gasteiger partial charge in [-0.25, -0.2) is 4.98 Å². The van der Waals surface area contributed by atoms with E-state index in [0.717, 1.165) is 16.8 Å². The van der Waals surface area contributed by atoms with E-state index < -0.39 is 0 Å². The smallest absolute Gasteiger partial charge is 0.252 e. The number of thioether (sulfide) groups is 1. The van der Waals surface area contributed by atoms with Crippen LogP contribution in [0.5, 0.6) is 0 Å². The highest BCUT2D eigenvalue weighted by atomic mass is 32.2. The third-order valence-corrected chi connectivity index (χ3v) is 4.30. The second-order valence-corrected chi connectivity index (χ2v) is 6.47. The lowest BCUT2D eigenvalue weighted by atomic mass is 10.1. The molecule has 2 aromatic carbocycles. The number of H-pyrrole nitrogens is 1. The van der Waals surface area contributed by atoms with Gasteiger partial charge in [-0.15, -0.1) is 0 Å². The van der Waals surface area contributed by atoms with E-state index in [-0.39, 0.29) is 17.2 Å². The molecular weight excluding hydrogens is 334 g/mol. The van der Waals surface area contributed by atoms with Gasteiger partial charge in [0.1, 0.15) is 0 Å². The number of carbonyl (C=O) groups excluding carboxylic acids is 1. The van der Waals surface area contributed by atoms with E-state index in [2.05, 4.69) is 15.3 Å². The average Bonchev–Trinajstić information content (AvgIpc) is 2.60. The van der Waals surface area contributed by atoms with Crippen molar-refractivity contribution in [2.24, 2.45) is 0 Å². The monoisotopic (exact) mass is 351 g/mol. The summed E-state index contributed by atoms with van der Waals surface area (Å²) in [6, 6.07) is 18.5. The summed E-state index contributed by atoms with van der Waals surface area (Å²) < 4.78 is 0. The first kappa shape index (κ1) is 17.0. The van der Waals surface area contributed by atoms with Gasteiger partial charge in [0.25, 0.3) is 5.56 Å². The van der Waals surface area contributed by atoms with Crippen molar-refractivity contribution in [3.63, 3.8) is 0 Å². The highest BCUT2D eigenvalue weighted by Crippen LogP contribution is 2.19. The van der Waals surface area contributed by atoms with Gasteiger partial charge in [-0.05, 0) is 24.6 Å². The van der Waals surface area contributed by atoms with Crippen LogP contribution in [0.4, 0.5) is 5.69 Å². The maximum absolute atomic E-state index is 12.1. The maximum atomic E-state index is 12.1. The SMILES string of the molecule is Cc1cccc(NC(=O)CSc2nc(-c3ccccc3)cc(=O)[nH]2)c1. The maximum Gasteiger partial charge on any atom is 0.252 e. The first-order valence-corrected chi connectivity index (χ1v) is 8.75. The zero-order valence-corrected chi connectivity index (χ0v) is 14.5. The number of nitrogens with zero attached hydrogens (tertiary/aromatic N) is 1. The third-order valence-electron chi connectivity index (χ3n) is 3.43. The largest absolute Gasteiger partial charge is 0.325 e. The number of amides is 1. The molecule has 0 saturated heterocycles. The highest BCUT2D eigenvalue weighted by molar-refractivity contribution is 7.99. The van der Waals surface area contributed by atoms with Crippen LogP contribution in [0.1, 0.15) is 5.56 Å². The molecule has 2 N–H and O–H groups in total. The fraction of sp³-hybridized carbons (Fsp3) is 0.105. The lowest BCUT2D eigenvalue weighted by Gasteiger charge is -2.06. The van der Waals surface area contributed by atoms with E-state index in [0.29, 0.717) is 10.9 Å². The van der Waals surface area contributed by atoms with Crippen LogP contribution in [0, 0.1) is 6.92 Å². The van der Waals surface area contributed by atoms with E-state index >= 15 is 0 Å². The Balaban J connectivity index is 1.68. The molecule has 0 spiro atoms. The second-order valence-electron chi connectivity index (χ2n) is 5.51. The van der Waals surface area contributed by atoms with Gasteiger partial charge in [-0.3, -0.25) is 9.59 Å². The molecule has 3 aromatic rings. The molecule has 0 aliphatic carbocycles. The predicted molar refractivity (Wildman–Crippen MR) is 101 cm³/mol. The van der Waals surface area contributed by atoms with Gasteiger partial charge < -0.3 is 10.3 Å². The second kappa shape index (κ2) is 7.81. The van der Waals surface area contributed by atoms with Crippen molar-refractivity contribution in [1.29, 1.82) is 0 Å². The molecule has 5 nitrogen and oxygen atoms in total. The molecule has 126 valence electrons. The van der Waals surface area contributed by atoms with Crippen LogP contribution in [0.15, 0.2) is 70.6 Å². The number of carbonyl (C=O) groups is 1. The van der Waals surface area contributed by atoms with Gasteiger partial charge in [0.05, 0.1) is 11.4 Å². The zero-order valence-electron chi connectivity index (χ0n) is 13.7. The van der Waals surface area contributed by atoms with Crippen LogP contribution in [-0.4, -0.2) is 21.6 Å². The minimum absolute atomic E-state index is 0.150. The number of aromatic nitrogens is 2. The van der Waals surface area contributed by atoms with E-state index in [1.165, 1.54) is 17.8 Å². The fourth-order valence-electron chi connectivity index (χ4n) is 2.31. The number of rotatable bonds is 5. The van der Waals surface area contributed by atoms with Gasteiger partial charge in [0.15, 0.2) is 5.16 Å². The molecule has 0 unspecified atom stereocenters. The van der Waals surface area contributed by atoms with Gasteiger partial charge in [0.2, 0.25) is 5.91 Å². The van der Waals surface area contributed by atoms with Gasteiger partial charge in [-0.2, -0.15) is 0 Å². The van der Waals surface area contributed by atoms with E-state index in [1.807, 2.05) is 61.5 Å². The molecule has 6 heteroatoms. The van der Waals surface area contributed by atoms with Gasteiger partial charge >= 0.3 is 0 Å². The molecule has 0 bridgehead atoms. The number of nitrogens with one attached hydrogen (secondary N) is 2. The fourth-order valence-corrected chi connectivity index (χ4v) is 2.99. The summed E-state index contributed by atoms with van der Waals surface area (Å²) in [5, 5.41) is 3.26. The van der Waals surface area contributed by atoms with Crippen molar-refractivity contribution in [3.05, 3.63) is 76.6 Å². The lowest BCUT2D eigenvalue weighted by Crippen LogP contribution is -2.15. The standard InChI is InChI=1S/C19H17N3O2S/c1-13-6-5-9-15(10-13)20-18(24)12-25-19-21-16(11-17(23)22-19)14-7-3-2-4-8-14/h2-11H,12H2,1H3,(H,20,24)(H,21,22,23). The van der Waals surface area contributed by atoms with E-state index in [1.54, 1.807) is 0 Å². The quantitative estimate of drug-likeness (QED) is 0.545. The minimum Gasteiger partial charge on any atom is -0.325 e. The first-order chi connectivity index (χ1) is 12.1. The molecule has 0 aliphatic rings. The Kier molecular flexibility index (Phi) is 5.30. The molecular formula is C19H17N3O2S. The number of benzene rings is 2. The highest BCUT2D eigenvalue weighted by Gasteiger charge is 2.08. The van der Waals surface area contributed by atoms with Crippen LogP contribution in [-0.2, 0) is 4.79 Å².